The summed E-state index contributed by atoms with van der Waals surface area (Å²) in [5, 5.41) is 0. The molecule has 192 valence electrons. The molecule has 1 aromatic heterocycles. The molecule has 1 aliphatic heterocycles. The summed E-state index contributed by atoms with van der Waals surface area (Å²) < 4.78 is 40.7. The molecule has 1 fully saturated rings. The van der Waals surface area contributed by atoms with Crippen molar-refractivity contribution < 1.29 is 27.5 Å². The van der Waals surface area contributed by atoms with Crippen molar-refractivity contribution in [1.29, 1.82) is 0 Å². The average Bonchev–Trinajstić information content (AvgIpc) is 3.20. The molecule has 1 unspecified atom stereocenters. The minimum absolute atomic E-state index is 0.0663. The number of benzene rings is 2. The first kappa shape index (κ1) is 26.1. The van der Waals surface area contributed by atoms with Crippen LogP contribution < -0.4 is 9.54 Å². The Labute approximate surface area is 214 Å². The first-order chi connectivity index (χ1) is 17.3. The number of thiazole rings is 1. The molecule has 1 saturated heterocycles. The fraction of sp³-hybridized carbons (Fsp3) is 0.400. The highest BCUT2D eigenvalue weighted by molar-refractivity contribution is 7.89. The van der Waals surface area contributed by atoms with Gasteiger partial charge in [0.1, 0.15) is 12.3 Å². The van der Waals surface area contributed by atoms with E-state index in [1.54, 1.807) is 47.9 Å². The van der Waals surface area contributed by atoms with Gasteiger partial charge >= 0.3 is 5.97 Å². The van der Waals surface area contributed by atoms with Crippen molar-refractivity contribution in [3.63, 3.8) is 0 Å². The summed E-state index contributed by atoms with van der Waals surface area (Å²) >= 11 is 1.28. The number of hydrogen-bond acceptors (Lipinski definition) is 7. The number of rotatable bonds is 8. The molecule has 0 spiro atoms. The zero-order valence-electron chi connectivity index (χ0n) is 20.3. The zero-order valence-corrected chi connectivity index (χ0v) is 21.9. The summed E-state index contributed by atoms with van der Waals surface area (Å²) in [6.07, 6.45) is 1.10. The van der Waals surface area contributed by atoms with E-state index in [0.717, 1.165) is 10.2 Å². The van der Waals surface area contributed by atoms with Crippen LogP contribution >= 0.6 is 11.3 Å². The largest absolute Gasteiger partial charge is 0.494 e. The molecule has 0 N–H and O–H groups in total. The summed E-state index contributed by atoms with van der Waals surface area (Å²) in [7, 11) is -3.70. The maximum Gasteiger partial charge on any atom is 0.326 e. The molecule has 2 aromatic carbocycles. The van der Waals surface area contributed by atoms with Gasteiger partial charge in [0.25, 0.3) is 5.91 Å². The van der Waals surface area contributed by atoms with E-state index in [0.29, 0.717) is 36.5 Å². The Kier molecular flexibility index (Phi) is 8.22. The van der Waals surface area contributed by atoms with Gasteiger partial charge in [-0.3, -0.25) is 9.59 Å². The van der Waals surface area contributed by atoms with Crippen molar-refractivity contribution in [2.45, 2.75) is 38.1 Å². The molecular formula is C25H29N3O6S2. The van der Waals surface area contributed by atoms with Crippen LogP contribution in [0.25, 0.3) is 10.2 Å². The van der Waals surface area contributed by atoms with Crippen LogP contribution in [0.15, 0.2) is 58.4 Å². The van der Waals surface area contributed by atoms with Gasteiger partial charge in [-0.15, -0.1) is 0 Å². The molecule has 3 aromatic rings. The molecule has 4 rings (SSSR count). The molecule has 0 radical (unpaired) electrons. The van der Waals surface area contributed by atoms with Crippen LogP contribution in [0, 0.1) is 5.92 Å². The topological polar surface area (TPSA) is 107 Å². The number of amides is 1. The second-order valence-electron chi connectivity index (χ2n) is 8.30. The lowest BCUT2D eigenvalue weighted by molar-refractivity contribution is -0.143. The van der Waals surface area contributed by atoms with Gasteiger partial charge in [0, 0.05) is 13.1 Å². The smallest absolute Gasteiger partial charge is 0.326 e. The molecular weight excluding hydrogens is 502 g/mol. The van der Waals surface area contributed by atoms with Crippen LogP contribution in [0.3, 0.4) is 0 Å². The first-order valence-corrected chi connectivity index (χ1v) is 14.1. The maximum atomic E-state index is 13.3. The number of fused-ring (bicyclic) bond motifs is 1. The van der Waals surface area contributed by atoms with Gasteiger partial charge in [-0.1, -0.05) is 29.5 Å². The standard InChI is InChI=1S/C25H29N3O6S2/c1-3-33-19-12-13-21-22(15-19)35-25(28(21)17-23(29)34-4-2)26-24(30)18-9-8-14-27(16-18)36(31,32)20-10-6-5-7-11-20/h5-7,10-13,15,18H,3-4,8-9,14,16-17H2,1-2H3. The van der Waals surface area contributed by atoms with Crippen LogP contribution in [-0.2, 0) is 30.9 Å². The Morgan fingerprint density at radius 1 is 1.11 bits per heavy atom. The molecule has 11 heteroatoms. The van der Waals surface area contributed by atoms with Crippen LogP contribution in [-0.4, -0.2) is 55.5 Å². The Morgan fingerprint density at radius 2 is 1.89 bits per heavy atom. The van der Waals surface area contributed by atoms with E-state index in [9.17, 15) is 18.0 Å². The van der Waals surface area contributed by atoms with Crippen molar-refractivity contribution in [2.75, 3.05) is 26.3 Å². The van der Waals surface area contributed by atoms with Crippen LogP contribution in [0.5, 0.6) is 5.75 Å². The van der Waals surface area contributed by atoms with Gasteiger partial charge in [0.05, 0.1) is 34.2 Å². The minimum Gasteiger partial charge on any atom is -0.494 e. The number of hydrogen-bond donors (Lipinski definition) is 0. The quantitative estimate of drug-likeness (QED) is 0.413. The molecule has 1 aliphatic rings. The Hall–Kier alpha value is -3.02. The highest BCUT2D eigenvalue weighted by Crippen LogP contribution is 2.26. The van der Waals surface area contributed by atoms with E-state index in [-0.39, 0.29) is 24.6 Å². The van der Waals surface area contributed by atoms with Gasteiger partial charge in [0.15, 0.2) is 4.80 Å². The van der Waals surface area contributed by atoms with Gasteiger partial charge in [-0.25, -0.2) is 8.42 Å². The number of nitrogens with zero attached hydrogens (tertiary/aromatic N) is 3. The summed E-state index contributed by atoms with van der Waals surface area (Å²) in [6, 6.07) is 13.7. The zero-order chi connectivity index (χ0) is 25.7. The van der Waals surface area contributed by atoms with Gasteiger partial charge in [0.2, 0.25) is 10.0 Å². The van der Waals surface area contributed by atoms with E-state index in [2.05, 4.69) is 4.99 Å². The van der Waals surface area contributed by atoms with Crippen LogP contribution in [0.4, 0.5) is 0 Å². The normalized spacial score (nSPS) is 17.3. The highest BCUT2D eigenvalue weighted by atomic mass is 32.2. The Bertz CT molecular complexity index is 1410. The van der Waals surface area contributed by atoms with Crippen molar-refractivity contribution in [2.24, 2.45) is 10.9 Å². The van der Waals surface area contributed by atoms with E-state index in [4.69, 9.17) is 9.47 Å². The lowest BCUT2D eigenvalue weighted by Crippen LogP contribution is -2.42. The van der Waals surface area contributed by atoms with E-state index >= 15 is 0 Å². The van der Waals surface area contributed by atoms with E-state index < -0.39 is 27.8 Å². The summed E-state index contributed by atoms with van der Waals surface area (Å²) in [5.74, 6) is -0.728. The Morgan fingerprint density at radius 3 is 2.61 bits per heavy atom. The molecule has 9 nitrogen and oxygen atoms in total. The highest BCUT2D eigenvalue weighted by Gasteiger charge is 2.33. The van der Waals surface area contributed by atoms with Crippen LogP contribution in [0.2, 0.25) is 0 Å². The third kappa shape index (κ3) is 5.69. The molecule has 1 amide bonds. The summed E-state index contributed by atoms with van der Waals surface area (Å²) in [5.41, 5.74) is 0.736. The minimum atomic E-state index is -3.70. The predicted molar refractivity (Wildman–Crippen MR) is 136 cm³/mol. The van der Waals surface area contributed by atoms with Gasteiger partial charge in [-0.2, -0.15) is 9.30 Å². The Balaban J connectivity index is 1.65. The molecule has 0 saturated carbocycles. The first-order valence-electron chi connectivity index (χ1n) is 11.9. The molecule has 1 atom stereocenters. The van der Waals surface area contributed by atoms with Crippen LogP contribution in [0.1, 0.15) is 26.7 Å². The number of aromatic nitrogens is 1. The third-order valence-electron chi connectivity index (χ3n) is 5.88. The monoisotopic (exact) mass is 531 g/mol. The van der Waals surface area contributed by atoms with Crippen molar-refractivity contribution in [3.8, 4) is 5.75 Å². The lowest BCUT2D eigenvalue weighted by Gasteiger charge is -2.30. The van der Waals surface area contributed by atoms with Gasteiger partial charge < -0.3 is 14.0 Å². The number of piperidine rings is 1. The second-order valence-corrected chi connectivity index (χ2v) is 11.3. The molecule has 0 bridgehead atoms. The lowest BCUT2D eigenvalue weighted by atomic mass is 9.99. The maximum absolute atomic E-state index is 13.3. The predicted octanol–water partition coefficient (Wildman–Crippen LogP) is 3.19. The fourth-order valence-electron chi connectivity index (χ4n) is 4.17. The number of sulfonamides is 1. The summed E-state index contributed by atoms with van der Waals surface area (Å²) in [4.78, 5) is 30.5. The van der Waals surface area contributed by atoms with Crippen molar-refractivity contribution in [3.05, 3.63) is 53.3 Å². The van der Waals surface area contributed by atoms with Crippen molar-refractivity contribution >= 4 is 43.5 Å². The van der Waals surface area contributed by atoms with E-state index in [1.807, 2.05) is 19.1 Å². The third-order valence-corrected chi connectivity index (χ3v) is 8.80. The molecule has 36 heavy (non-hydrogen) atoms. The SMILES string of the molecule is CCOC(=O)Cn1c(=NC(=O)C2CCCN(S(=O)(=O)c3ccccc3)C2)sc2cc(OCC)ccc21. The van der Waals surface area contributed by atoms with Crippen molar-refractivity contribution in [1.82, 2.24) is 8.87 Å². The number of esters is 1. The molecule has 2 heterocycles. The molecule has 0 aliphatic carbocycles. The summed E-state index contributed by atoms with van der Waals surface area (Å²) in [6.45, 7) is 4.71. The number of carbonyl (C=O) groups is 2. The second kappa shape index (κ2) is 11.4. The number of ether oxygens (including phenoxy) is 2. The number of carbonyl (C=O) groups excluding carboxylic acids is 2. The van der Waals surface area contributed by atoms with Gasteiger partial charge in [-0.05, 0) is 57.0 Å². The fourth-order valence-corrected chi connectivity index (χ4v) is 6.78. The average molecular weight is 532 g/mol. The van der Waals surface area contributed by atoms with E-state index in [1.165, 1.54) is 15.6 Å².